The third-order valence-electron chi connectivity index (χ3n) is 7.43. The Morgan fingerprint density at radius 3 is 2.24 bits per heavy atom. The maximum Gasteiger partial charge on any atom is 0.408 e. The predicted octanol–water partition coefficient (Wildman–Crippen LogP) is 2.51. The molecule has 1 aromatic rings. The van der Waals surface area contributed by atoms with Crippen LogP contribution in [-0.4, -0.2) is 48.2 Å². The molecule has 1 saturated heterocycles. The van der Waals surface area contributed by atoms with E-state index in [1.807, 2.05) is 44.2 Å². The maximum absolute atomic E-state index is 13.4. The number of ketones is 1. The number of nitrogens with one attached hydrogen (secondary N) is 3. The Kier molecular flexibility index (Phi) is 10.7. The van der Waals surface area contributed by atoms with Crippen LogP contribution in [0.1, 0.15) is 76.9 Å². The number of carbonyl (C=O) groups excluding carboxylic acids is 5. The summed E-state index contributed by atoms with van der Waals surface area (Å²) in [4.78, 5) is 62.8. The predicted molar refractivity (Wildman–Crippen MR) is 140 cm³/mol. The smallest absolute Gasteiger partial charge is 0.408 e. The first-order valence-corrected chi connectivity index (χ1v) is 13.6. The van der Waals surface area contributed by atoms with Crippen LogP contribution in [0.25, 0.3) is 0 Å². The van der Waals surface area contributed by atoms with Crippen LogP contribution in [0, 0.1) is 17.8 Å². The SMILES string of the molecule is CC(C)C(OC(=O)NC(CC1CCCCC1)C(=O)NC(C[C@@H]1CCNC1=O)C(=O)C(N)=O)c1ccccc1. The molecule has 0 spiro atoms. The number of Topliss-reactive ketones (excluding diaryl/α,β-unsaturated/α-hetero) is 1. The maximum atomic E-state index is 13.4. The van der Waals surface area contributed by atoms with Gasteiger partial charge in [-0.3, -0.25) is 19.2 Å². The summed E-state index contributed by atoms with van der Waals surface area (Å²) in [6, 6.07) is 7.14. The molecule has 3 unspecified atom stereocenters. The molecule has 2 fully saturated rings. The summed E-state index contributed by atoms with van der Waals surface area (Å²) in [5.41, 5.74) is 6.08. The number of hydrogen-bond acceptors (Lipinski definition) is 6. The van der Waals surface area contributed by atoms with E-state index in [1.54, 1.807) is 0 Å². The number of ether oxygens (including phenoxy) is 1. The van der Waals surface area contributed by atoms with Crippen LogP contribution >= 0.6 is 0 Å². The summed E-state index contributed by atoms with van der Waals surface area (Å²) in [6.07, 6.45) is 4.67. The standard InChI is InChI=1S/C28H40N4O6/c1-17(2)24(19-11-7-4-8-12-19)38-28(37)32-22(15-18-9-5-3-6-10-18)27(36)31-21(23(33)25(29)34)16-20-13-14-30-26(20)35/h4,7-8,11-12,17-18,20-22,24H,3,5-6,9-10,13-16H2,1-2H3,(H2,29,34)(H,30,35)(H,31,36)(H,32,37)/t20-,21?,22?,24?/m0/s1. The summed E-state index contributed by atoms with van der Waals surface area (Å²) in [5, 5.41) is 8.01. The van der Waals surface area contributed by atoms with E-state index in [1.165, 1.54) is 0 Å². The number of nitrogens with two attached hydrogens (primary N) is 1. The summed E-state index contributed by atoms with van der Waals surface area (Å²) in [6.45, 7) is 4.35. The topological polar surface area (TPSA) is 157 Å². The van der Waals surface area contributed by atoms with Crippen molar-refractivity contribution in [3.8, 4) is 0 Å². The normalized spacial score (nSPS) is 20.2. The molecular weight excluding hydrogens is 488 g/mol. The number of carbonyl (C=O) groups is 5. The second-order valence-corrected chi connectivity index (χ2v) is 10.7. The van der Waals surface area contributed by atoms with Crippen molar-refractivity contribution in [1.29, 1.82) is 0 Å². The average Bonchev–Trinajstić information content (AvgIpc) is 3.30. The first-order valence-electron chi connectivity index (χ1n) is 13.6. The first-order chi connectivity index (χ1) is 18.2. The van der Waals surface area contributed by atoms with E-state index >= 15 is 0 Å². The van der Waals surface area contributed by atoms with Crippen molar-refractivity contribution in [1.82, 2.24) is 16.0 Å². The number of hydrogen-bond donors (Lipinski definition) is 4. The van der Waals surface area contributed by atoms with E-state index in [0.717, 1.165) is 37.7 Å². The number of amides is 4. The van der Waals surface area contributed by atoms with Crippen molar-refractivity contribution in [2.45, 2.75) is 83.4 Å². The van der Waals surface area contributed by atoms with Gasteiger partial charge in [0.15, 0.2) is 0 Å². The minimum atomic E-state index is -1.26. The van der Waals surface area contributed by atoms with Gasteiger partial charge in [0.05, 0.1) is 6.04 Å². The zero-order chi connectivity index (χ0) is 27.7. The highest BCUT2D eigenvalue weighted by molar-refractivity contribution is 6.37. The molecule has 1 aliphatic heterocycles. The molecule has 208 valence electrons. The lowest BCUT2D eigenvalue weighted by Gasteiger charge is -2.29. The Morgan fingerprint density at radius 2 is 1.66 bits per heavy atom. The van der Waals surface area contributed by atoms with Crippen molar-refractivity contribution in [2.75, 3.05) is 6.54 Å². The first kappa shape index (κ1) is 29.1. The second-order valence-electron chi connectivity index (χ2n) is 10.7. The fraction of sp³-hybridized carbons (Fsp3) is 0.607. The van der Waals surface area contributed by atoms with Gasteiger partial charge in [-0.25, -0.2) is 4.79 Å². The van der Waals surface area contributed by atoms with Gasteiger partial charge in [0.2, 0.25) is 17.6 Å². The summed E-state index contributed by atoms with van der Waals surface area (Å²) in [7, 11) is 0. The van der Waals surface area contributed by atoms with Gasteiger partial charge >= 0.3 is 6.09 Å². The van der Waals surface area contributed by atoms with Crippen LogP contribution < -0.4 is 21.7 Å². The molecular formula is C28H40N4O6. The van der Waals surface area contributed by atoms with E-state index in [2.05, 4.69) is 16.0 Å². The van der Waals surface area contributed by atoms with Crippen molar-refractivity contribution in [3.63, 3.8) is 0 Å². The fourth-order valence-corrected chi connectivity index (χ4v) is 5.34. The lowest BCUT2D eigenvalue weighted by molar-refractivity contribution is -0.139. The highest BCUT2D eigenvalue weighted by atomic mass is 16.6. The molecule has 1 aliphatic carbocycles. The molecule has 0 aromatic heterocycles. The van der Waals surface area contributed by atoms with Crippen LogP contribution in [0.3, 0.4) is 0 Å². The van der Waals surface area contributed by atoms with Gasteiger partial charge in [-0.2, -0.15) is 0 Å². The average molecular weight is 529 g/mol. The van der Waals surface area contributed by atoms with Crippen LogP contribution in [0.5, 0.6) is 0 Å². The number of alkyl carbamates (subject to hydrolysis) is 1. The summed E-state index contributed by atoms with van der Waals surface area (Å²) >= 11 is 0. The van der Waals surface area contributed by atoms with E-state index in [9.17, 15) is 24.0 Å². The minimum Gasteiger partial charge on any atom is -0.441 e. The fourth-order valence-electron chi connectivity index (χ4n) is 5.34. The quantitative estimate of drug-likeness (QED) is 0.305. The number of primary amides is 1. The lowest BCUT2D eigenvalue weighted by atomic mass is 9.84. The van der Waals surface area contributed by atoms with E-state index < -0.39 is 47.8 Å². The Labute approximate surface area is 223 Å². The van der Waals surface area contributed by atoms with Gasteiger partial charge in [-0.15, -0.1) is 0 Å². The number of benzene rings is 1. The van der Waals surface area contributed by atoms with Crippen LogP contribution in [-0.2, 0) is 23.9 Å². The van der Waals surface area contributed by atoms with Gasteiger partial charge in [0.25, 0.3) is 5.91 Å². The second kappa shape index (κ2) is 13.9. The molecule has 4 atom stereocenters. The lowest BCUT2D eigenvalue weighted by Crippen LogP contribution is -2.54. The molecule has 2 aliphatic rings. The molecule has 3 rings (SSSR count). The van der Waals surface area contributed by atoms with E-state index in [-0.39, 0.29) is 24.2 Å². The van der Waals surface area contributed by atoms with Crippen molar-refractivity contribution >= 4 is 29.6 Å². The summed E-state index contributed by atoms with van der Waals surface area (Å²) in [5.74, 6) is -3.30. The highest BCUT2D eigenvalue weighted by Crippen LogP contribution is 2.29. The zero-order valence-electron chi connectivity index (χ0n) is 22.2. The molecule has 10 heteroatoms. The van der Waals surface area contributed by atoms with Crippen molar-refractivity contribution in [2.24, 2.45) is 23.5 Å². The Hall–Kier alpha value is -3.43. The van der Waals surface area contributed by atoms with Crippen LogP contribution in [0.15, 0.2) is 30.3 Å². The Bertz CT molecular complexity index is 992. The highest BCUT2D eigenvalue weighted by Gasteiger charge is 2.36. The molecule has 1 heterocycles. The largest absolute Gasteiger partial charge is 0.441 e. The monoisotopic (exact) mass is 528 g/mol. The zero-order valence-corrected chi connectivity index (χ0v) is 22.2. The molecule has 0 bridgehead atoms. The molecule has 5 N–H and O–H groups in total. The van der Waals surface area contributed by atoms with E-state index in [4.69, 9.17) is 10.5 Å². The van der Waals surface area contributed by atoms with Crippen LogP contribution in [0.4, 0.5) is 4.79 Å². The van der Waals surface area contributed by atoms with Crippen LogP contribution in [0.2, 0.25) is 0 Å². The number of rotatable bonds is 12. The van der Waals surface area contributed by atoms with E-state index in [0.29, 0.717) is 19.4 Å². The molecule has 1 aromatic carbocycles. The third kappa shape index (κ3) is 8.29. The van der Waals surface area contributed by atoms with Gasteiger partial charge in [-0.1, -0.05) is 76.3 Å². The molecule has 1 saturated carbocycles. The Morgan fingerprint density at radius 1 is 0.974 bits per heavy atom. The van der Waals surface area contributed by atoms with Gasteiger partial charge in [0, 0.05) is 12.5 Å². The molecule has 38 heavy (non-hydrogen) atoms. The molecule has 10 nitrogen and oxygen atoms in total. The van der Waals surface area contributed by atoms with Gasteiger partial charge < -0.3 is 26.4 Å². The minimum absolute atomic E-state index is 0.0103. The van der Waals surface area contributed by atoms with Crippen molar-refractivity contribution in [3.05, 3.63) is 35.9 Å². The molecule has 4 amide bonds. The molecule has 0 radical (unpaired) electrons. The van der Waals surface area contributed by atoms with Gasteiger partial charge in [0.1, 0.15) is 12.1 Å². The van der Waals surface area contributed by atoms with Gasteiger partial charge in [-0.05, 0) is 36.7 Å². The van der Waals surface area contributed by atoms with Crippen molar-refractivity contribution < 1.29 is 28.7 Å². The third-order valence-corrected chi connectivity index (χ3v) is 7.43. The summed E-state index contributed by atoms with van der Waals surface area (Å²) < 4.78 is 5.76. The Balaban J connectivity index is 1.74.